The number of halogens is 3. The van der Waals surface area contributed by atoms with Gasteiger partial charge >= 0.3 is 5.51 Å². The second-order valence-electron chi connectivity index (χ2n) is 4.81. The Morgan fingerprint density at radius 1 is 1.04 bits per heavy atom. The largest absolute Gasteiger partial charge is 0.489 e. The Balaban J connectivity index is 1.86. The van der Waals surface area contributed by atoms with E-state index >= 15 is 0 Å². The number of ether oxygens (including phenoxy) is 1. The number of rotatable bonds is 7. The molecular weight excluding hydrogens is 339 g/mol. The molecule has 0 saturated heterocycles. The molecule has 2 rings (SSSR count). The number of nitrogens with zero attached hydrogens (tertiary/aromatic N) is 1. The first-order valence-electron chi connectivity index (χ1n) is 7.14. The molecule has 0 amide bonds. The molecule has 0 aliphatic carbocycles. The summed E-state index contributed by atoms with van der Waals surface area (Å²) in [6, 6.07) is 13.3. The summed E-state index contributed by atoms with van der Waals surface area (Å²) in [5, 5.41) is 8.65. The maximum Gasteiger partial charge on any atom is 0.446 e. The summed E-state index contributed by atoms with van der Waals surface area (Å²) in [6.45, 7) is 0.647. The van der Waals surface area contributed by atoms with Crippen LogP contribution in [-0.4, -0.2) is 30.0 Å². The minimum Gasteiger partial charge on any atom is -0.489 e. The summed E-state index contributed by atoms with van der Waals surface area (Å²) in [7, 11) is 0. The lowest BCUT2D eigenvalue weighted by atomic mass is 10.2. The number of hydrogen-bond acceptors (Lipinski definition) is 4. The first kappa shape index (κ1) is 18.4. The van der Waals surface area contributed by atoms with E-state index in [0.29, 0.717) is 12.3 Å². The van der Waals surface area contributed by atoms with Gasteiger partial charge < -0.3 is 9.84 Å². The molecular formula is C17H16F3NO2S. The molecule has 0 radical (unpaired) electrons. The summed E-state index contributed by atoms with van der Waals surface area (Å²) in [5.41, 5.74) is -2.60. The van der Waals surface area contributed by atoms with Crippen molar-refractivity contribution in [3.63, 3.8) is 0 Å². The topological polar surface area (TPSA) is 41.8 Å². The van der Waals surface area contributed by atoms with Crippen LogP contribution in [0.5, 0.6) is 5.75 Å². The number of aliphatic hydroxyl groups is 1. The molecule has 0 aliphatic rings. The number of alkyl halides is 3. The third kappa shape index (κ3) is 6.64. The lowest BCUT2D eigenvalue weighted by Gasteiger charge is -2.08. The van der Waals surface area contributed by atoms with Crippen LogP contribution in [0.1, 0.15) is 11.1 Å². The van der Waals surface area contributed by atoms with Crippen molar-refractivity contribution in [2.45, 2.75) is 17.0 Å². The molecule has 0 atom stereocenters. The summed E-state index contributed by atoms with van der Waals surface area (Å²) >= 11 is -0.135. The Bertz CT molecular complexity index is 655. The van der Waals surface area contributed by atoms with Gasteiger partial charge in [0.25, 0.3) is 0 Å². The van der Waals surface area contributed by atoms with Crippen LogP contribution in [0.4, 0.5) is 13.2 Å². The van der Waals surface area contributed by atoms with Gasteiger partial charge in [-0.1, -0.05) is 12.1 Å². The first-order valence-corrected chi connectivity index (χ1v) is 7.96. The second kappa shape index (κ2) is 8.75. The summed E-state index contributed by atoms with van der Waals surface area (Å²) in [5.74, 6) is 0.656. The monoisotopic (exact) mass is 355 g/mol. The van der Waals surface area contributed by atoms with Gasteiger partial charge in [-0.25, -0.2) is 0 Å². The highest BCUT2D eigenvalue weighted by Gasteiger charge is 2.28. The van der Waals surface area contributed by atoms with Crippen LogP contribution in [0, 0.1) is 0 Å². The fourth-order valence-corrected chi connectivity index (χ4v) is 2.37. The van der Waals surface area contributed by atoms with Gasteiger partial charge in [-0.05, 0) is 59.3 Å². The quantitative estimate of drug-likeness (QED) is 0.595. The van der Waals surface area contributed by atoms with Crippen molar-refractivity contribution in [1.82, 2.24) is 0 Å². The lowest BCUT2D eigenvalue weighted by molar-refractivity contribution is -0.0328. The Morgan fingerprint density at radius 3 is 2.29 bits per heavy atom. The van der Waals surface area contributed by atoms with Crippen LogP contribution in [0.15, 0.2) is 58.4 Å². The van der Waals surface area contributed by atoms with Gasteiger partial charge in [-0.2, -0.15) is 13.2 Å². The number of benzene rings is 2. The third-order valence-corrected chi connectivity index (χ3v) is 3.65. The predicted molar refractivity (Wildman–Crippen MR) is 88.7 cm³/mol. The van der Waals surface area contributed by atoms with Crippen molar-refractivity contribution >= 4 is 18.0 Å². The van der Waals surface area contributed by atoms with E-state index in [-0.39, 0.29) is 29.9 Å². The zero-order valence-electron chi connectivity index (χ0n) is 12.7. The Hall–Kier alpha value is -1.99. The van der Waals surface area contributed by atoms with Gasteiger partial charge in [0.05, 0.1) is 13.2 Å². The van der Waals surface area contributed by atoms with Crippen LogP contribution >= 0.6 is 11.8 Å². The minimum absolute atomic E-state index is 0.0119. The van der Waals surface area contributed by atoms with Crippen molar-refractivity contribution in [3.05, 3.63) is 59.7 Å². The van der Waals surface area contributed by atoms with E-state index in [1.807, 2.05) is 12.1 Å². The van der Waals surface area contributed by atoms with E-state index in [0.717, 1.165) is 11.1 Å². The van der Waals surface area contributed by atoms with Crippen LogP contribution in [0.3, 0.4) is 0 Å². The highest BCUT2D eigenvalue weighted by atomic mass is 32.2. The molecule has 0 fully saturated rings. The molecule has 0 spiro atoms. The second-order valence-corrected chi connectivity index (χ2v) is 5.95. The first-order chi connectivity index (χ1) is 11.5. The molecule has 0 unspecified atom stereocenters. The molecule has 1 N–H and O–H groups in total. The van der Waals surface area contributed by atoms with Gasteiger partial charge in [0.15, 0.2) is 0 Å². The van der Waals surface area contributed by atoms with E-state index in [1.165, 1.54) is 12.1 Å². The zero-order valence-corrected chi connectivity index (χ0v) is 13.5. The van der Waals surface area contributed by atoms with Crippen LogP contribution in [0.2, 0.25) is 0 Å². The van der Waals surface area contributed by atoms with Crippen LogP contribution < -0.4 is 4.74 Å². The third-order valence-electron chi connectivity index (χ3n) is 2.91. The van der Waals surface area contributed by atoms with Gasteiger partial charge in [-0.3, -0.25) is 4.99 Å². The van der Waals surface area contributed by atoms with Crippen LogP contribution in [-0.2, 0) is 6.61 Å². The molecule has 2 aromatic carbocycles. The smallest absolute Gasteiger partial charge is 0.446 e. The van der Waals surface area contributed by atoms with Gasteiger partial charge in [-0.15, -0.1) is 0 Å². The molecule has 128 valence electrons. The number of hydrogen-bond donors (Lipinski definition) is 1. The van der Waals surface area contributed by atoms with Gasteiger partial charge in [0.1, 0.15) is 12.4 Å². The summed E-state index contributed by atoms with van der Waals surface area (Å²) < 4.78 is 42.4. The van der Waals surface area contributed by atoms with Crippen molar-refractivity contribution in [1.29, 1.82) is 0 Å². The lowest BCUT2D eigenvalue weighted by Crippen LogP contribution is -1.99. The SMILES string of the molecule is OCCN=Cc1ccc(OCc2ccc(SC(F)(F)F)cc2)cc1. The minimum atomic E-state index is -4.28. The maximum absolute atomic E-state index is 12.3. The Kier molecular flexibility index (Phi) is 6.69. The average molecular weight is 355 g/mol. The molecule has 7 heteroatoms. The number of aliphatic hydroxyl groups excluding tert-OH is 1. The normalized spacial score (nSPS) is 11.8. The van der Waals surface area contributed by atoms with Crippen molar-refractivity contribution < 1.29 is 23.0 Å². The fraction of sp³-hybridized carbons (Fsp3) is 0.235. The Labute approximate surface area is 142 Å². The molecule has 0 bridgehead atoms. The molecule has 3 nitrogen and oxygen atoms in total. The van der Waals surface area contributed by atoms with E-state index < -0.39 is 5.51 Å². The maximum atomic E-state index is 12.3. The van der Waals surface area contributed by atoms with Gasteiger partial charge in [0.2, 0.25) is 0 Å². The molecule has 0 heterocycles. The zero-order chi connectivity index (χ0) is 17.4. The van der Waals surface area contributed by atoms with Crippen LogP contribution in [0.25, 0.3) is 0 Å². The number of thioether (sulfide) groups is 1. The molecule has 0 aromatic heterocycles. The molecule has 0 saturated carbocycles. The summed E-state index contributed by atoms with van der Waals surface area (Å²) in [6.07, 6.45) is 1.66. The van der Waals surface area contributed by atoms with E-state index in [9.17, 15) is 13.2 Å². The fourth-order valence-electron chi connectivity index (χ4n) is 1.83. The molecule has 2 aromatic rings. The van der Waals surface area contributed by atoms with E-state index in [4.69, 9.17) is 9.84 Å². The predicted octanol–water partition coefficient (Wildman–Crippen LogP) is 4.29. The average Bonchev–Trinajstić information content (AvgIpc) is 2.54. The number of aliphatic imine (C=N–C) groups is 1. The van der Waals surface area contributed by atoms with E-state index in [2.05, 4.69) is 4.99 Å². The summed E-state index contributed by atoms with van der Waals surface area (Å²) in [4.78, 5) is 4.17. The van der Waals surface area contributed by atoms with Gasteiger partial charge in [0, 0.05) is 11.1 Å². The molecule has 0 aliphatic heterocycles. The highest BCUT2D eigenvalue weighted by molar-refractivity contribution is 8.00. The Morgan fingerprint density at radius 2 is 1.71 bits per heavy atom. The van der Waals surface area contributed by atoms with Crippen molar-refractivity contribution in [3.8, 4) is 5.75 Å². The van der Waals surface area contributed by atoms with Crippen molar-refractivity contribution in [2.24, 2.45) is 4.99 Å². The van der Waals surface area contributed by atoms with Crippen molar-refractivity contribution in [2.75, 3.05) is 13.2 Å². The van der Waals surface area contributed by atoms with E-state index in [1.54, 1.807) is 30.5 Å². The highest BCUT2D eigenvalue weighted by Crippen LogP contribution is 2.36. The molecule has 24 heavy (non-hydrogen) atoms. The standard InChI is InChI=1S/C17H16F3NO2S/c18-17(19,20)24-16-7-3-14(4-8-16)12-23-15-5-1-13(2-6-15)11-21-9-10-22/h1-8,11,22H,9-10,12H2.